The van der Waals surface area contributed by atoms with Crippen LogP contribution in [0.1, 0.15) is 26.2 Å². The third-order valence-electron chi connectivity index (χ3n) is 0.936. The summed E-state index contributed by atoms with van der Waals surface area (Å²) in [5.41, 5.74) is 0. The van der Waals surface area contributed by atoms with E-state index < -0.39 is 0 Å². The molecule has 0 radical (unpaired) electrons. The van der Waals surface area contributed by atoms with Crippen molar-refractivity contribution in [3.8, 4) is 0 Å². The molecule has 0 aliphatic rings. The van der Waals surface area contributed by atoms with E-state index in [1.807, 2.05) is 6.92 Å². The minimum absolute atomic E-state index is 0. The maximum Gasteiger partial charge on any atom is 0.305 e. The zero-order valence-corrected chi connectivity index (χ0v) is 11.6. The van der Waals surface area contributed by atoms with E-state index in [-0.39, 0.29) is 42.4 Å². The first-order chi connectivity index (χ1) is 4.31. The van der Waals surface area contributed by atoms with E-state index >= 15 is 0 Å². The Morgan fingerprint density at radius 3 is 2.45 bits per heavy atom. The van der Waals surface area contributed by atoms with Gasteiger partial charge in [-0.25, -0.2) is 0 Å². The largest absolute Gasteiger partial charge is 0.466 e. The molecule has 0 fully saturated rings. The number of unbranched alkanes of at least 4 members (excludes halogenated alkanes) is 1. The van der Waals surface area contributed by atoms with Crippen LogP contribution in [0.15, 0.2) is 0 Å². The van der Waals surface area contributed by atoms with Crippen LogP contribution >= 0.6 is 17.0 Å². The van der Waals surface area contributed by atoms with Gasteiger partial charge in [0.05, 0.1) is 6.61 Å². The summed E-state index contributed by atoms with van der Waals surface area (Å²) in [6.45, 7) is 5.90. The molecule has 0 aliphatic carbocycles. The van der Waals surface area contributed by atoms with Crippen molar-refractivity contribution in [3.05, 3.63) is 6.92 Å². The fraction of sp³-hybridized carbons (Fsp3) is 0.714. The molecule has 64 valence electrons. The molecule has 0 rings (SSSR count). The molecule has 0 unspecified atom stereocenters. The minimum Gasteiger partial charge on any atom is -0.466 e. The molecule has 0 heterocycles. The van der Waals surface area contributed by atoms with Crippen molar-refractivity contribution in [1.29, 1.82) is 0 Å². The Balaban J connectivity index is -0.000000320. The first-order valence-electron chi connectivity index (χ1n) is 3.26. The van der Waals surface area contributed by atoms with Gasteiger partial charge < -0.3 is 11.7 Å². The van der Waals surface area contributed by atoms with Crippen molar-refractivity contribution in [2.24, 2.45) is 0 Å². The Labute approximate surface area is 91.6 Å². The fourth-order valence-electron chi connectivity index (χ4n) is 0.502. The van der Waals surface area contributed by atoms with E-state index in [4.69, 9.17) is 0 Å². The molecular weight excluding hydrogens is 261 g/mol. The maximum absolute atomic E-state index is 10.6. The Hall–Kier alpha value is 0.573. The van der Waals surface area contributed by atoms with Crippen LogP contribution in [0.3, 0.4) is 0 Å². The van der Waals surface area contributed by atoms with Crippen molar-refractivity contribution < 1.29 is 29.0 Å². The van der Waals surface area contributed by atoms with Crippen molar-refractivity contribution in [3.63, 3.8) is 0 Å². The molecular formula is C7H14BrO2Zn-. The van der Waals surface area contributed by atoms with E-state index in [2.05, 4.69) is 11.7 Å². The second-order valence-corrected chi connectivity index (χ2v) is 1.76. The smallest absolute Gasteiger partial charge is 0.305 e. The van der Waals surface area contributed by atoms with Crippen LogP contribution in [0.25, 0.3) is 0 Å². The SMILES string of the molecule is Br.[CH2-]CCCC(=O)OCC.[Zn]. The summed E-state index contributed by atoms with van der Waals surface area (Å²) in [6.07, 6.45) is 2.15. The molecule has 0 N–H and O–H groups in total. The Morgan fingerprint density at radius 2 is 2.09 bits per heavy atom. The molecule has 0 saturated heterocycles. The number of halogens is 1. The van der Waals surface area contributed by atoms with Crippen molar-refractivity contribution >= 4 is 23.0 Å². The monoisotopic (exact) mass is 273 g/mol. The van der Waals surface area contributed by atoms with Gasteiger partial charge in [0.15, 0.2) is 0 Å². The quantitative estimate of drug-likeness (QED) is 0.446. The minimum atomic E-state index is -0.110. The van der Waals surface area contributed by atoms with E-state index in [0.717, 1.165) is 12.8 Å². The fourth-order valence-corrected chi connectivity index (χ4v) is 0.502. The summed E-state index contributed by atoms with van der Waals surface area (Å²) >= 11 is 0. The topological polar surface area (TPSA) is 26.3 Å². The molecule has 0 aliphatic heterocycles. The normalized spacial score (nSPS) is 7.45. The third-order valence-corrected chi connectivity index (χ3v) is 0.936. The second kappa shape index (κ2) is 13.2. The number of carbonyl (C=O) groups is 1. The van der Waals surface area contributed by atoms with Gasteiger partial charge in [-0.3, -0.25) is 4.79 Å². The number of hydrogen-bond acceptors (Lipinski definition) is 2. The Morgan fingerprint density at radius 1 is 1.55 bits per heavy atom. The van der Waals surface area contributed by atoms with Crippen molar-refractivity contribution in [2.75, 3.05) is 6.61 Å². The van der Waals surface area contributed by atoms with Crippen molar-refractivity contribution in [2.45, 2.75) is 26.2 Å². The average Bonchev–Trinajstić information content (AvgIpc) is 1.85. The van der Waals surface area contributed by atoms with Crippen LogP contribution in [-0.4, -0.2) is 12.6 Å². The summed E-state index contributed by atoms with van der Waals surface area (Å²) in [7, 11) is 0. The molecule has 0 atom stereocenters. The maximum atomic E-state index is 10.6. The van der Waals surface area contributed by atoms with E-state index in [1.165, 1.54) is 0 Å². The van der Waals surface area contributed by atoms with Gasteiger partial charge in [-0.1, -0.05) is 6.42 Å². The van der Waals surface area contributed by atoms with E-state index in [9.17, 15) is 4.79 Å². The van der Waals surface area contributed by atoms with Crippen LogP contribution in [0, 0.1) is 6.92 Å². The molecule has 4 heteroatoms. The Kier molecular flexibility index (Phi) is 21.1. The molecule has 11 heavy (non-hydrogen) atoms. The number of ether oxygens (including phenoxy) is 1. The molecule has 2 nitrogen and oxygen atoms in total. The molecule has 0 aromatic rings. The summed E-state index contributed by atoms with van der Waals surface area (Å²) < 4.78 is 4.68. The van der Waals surface area contributed by atoms with Crippen LogP contribution in [-0.2, 0) is 29.0 Å². The van der Waals surface area contributed by atoms with Crippen LogP contribution in [0.4, 0.5) is 0 Å². The van der Waals surface area contributed by atoms with Gasteiger partial charge in [0.25, 0.3) is 0 Å². The standard InChI is InChI=1S/C7H13O2.BrH.Zn/c1-3-5-6-7(8)9-4-2;;/h1,3-6H2,2H3;1H;/q-1;;. The van der Waals surface area contributed by atoms with Crippen molar-refractivity contribution in [1.82, 2.24) is 0 Å². The van der Waals surface area contributed by atoms with E-state index in [1.54, 1.807) is 0 Å². The molecule has 0 amide bonds. The second-order valence-electron chi connectivity index (χ2n) is 1.76. The van der Waals surface area contributed by atoms with Gasteiger partial charge in [-0.15, -0.1) is 17.0 Å². The Bertz CT molecular complexity index is 88.5. The summed E-state index contributed by atoms with van der Waals surface area (Å²) in [6, 6.07) is 0. The first-order valence-corrected chi connectivity index (χ1v) is 3.26. The first kappa shape index (κ1) is 17.6. The van der Waals surface area contributed by atoms with Crippen LogP contribution in [0.2, 0.25) is 0 Å². The van der Waals surface area contributed by atoms with Gasteiger partial charge in [0.2, 0.25) is 0 Å². The molecule has 0 aromatic carbocycles. The molecule has 0 spiro atoms. The van der Waals surface area contributed by atoms with Crippen LogP contribution < -0.4 is 0 Å². The zero-order chi connectivity index (χ0) is 7.11. The van der Waals surface area contributed by atoms with E-state index in [0.29, 0.717) is 13.0 Å². The number of carbonyl (C=O) groups excluding carboxylic acids is 1. The number of rotatable bonds is 4. The molecule has 0 saturated carbocycles. The van der Waals surface area contributed by atoms with Gasteiger partial charge in [-0.2, -0.15) is 6.42 Å². The molecule has 0 bridgehead atoms. The van der Waals surface area contributed by atoms with Gasteiger partial charge in [0.1, 0.15) is 0 Å². The number of hydrogen-bond donors (Lipinski definition) is 0. The van der Waals surface area contributed by atoms with Gasteiger partial charge in [-0.05, 0) is 6.92 Å². The summed E-state index contributed by atoms with van der Waals surface area (Å²) in [4.78, 5) is 10.6. The van der Waals surface area contributed by atoms with Gasteiger partial charge in [0, 0.05) is 25.9 Å². The summed E-state index contributed by atoms with van der Waals surface area (Å²) in [5, 5.41) is 0. The molecule has 0 aromatic heterocycles. The predicted molar refractivity (Wildman–Crippen MR) is 46.2 cm³/mol. The zero-order valence-electron chi connectivity index (χ0n) is 6.97. The van der Waals surface area contributed by atoms with Crippen LogP contribution in [0.5, 0.6) is 0 Å². The number of esters is 1. The third kappa shape index (κ3) is 13.5. The predicted octanol–water partition coefficient (Wildman–Crippen LogP) is 2.13. The van der Waals surface area contributed by atoms with Gasteiger partial charge >= 0.3 is 5.97 Å². The average molecular weight is 275 g/mol. The summed E-state index contributed by atoms with van der Waals surface area (Å²) in [5.74, 6) is -0.110.